The van der Waals surface area contributed by atoms with Crippen LogP contribution in [0.4, 0.5) is 5.69 Å². The Labute approximate surface area is 161 Å². The molecule has 148 valence electrons. The molecule has 3 rings (SSSR count). The van der Waals surface area contributed by atoms with Gasteiger partial charge < -0.3 is 24.8 Å². The number of carbonyl (C=O) groups excluding carboxylic acids is 2. The number of hydrogen-bond acceptors (Lipinski definition) is 5. The van der Waals surface area contributed by atoms with Crippen LogP contribution in [-0.2, 0) is 14.3 Å². The first-order valence-electron chi connectivity index (χ1n) is 9.66. The monoisotopic (exact) mass is 374 g/mol. The second-order valence-electron chi connectivity index (χ2n) is 7.40. The van der Waals surface area contributed by atoms with E-state index in [1.807, 2.05) is 25.2 Å². The molecule has 2 aliphatic heterocycles. The van der Waals surface area contributed by atoms with E-state index in [4.69, 9.17) is 4.74 Å². The molecule has 0 saturated carbocycles. The highest BCUT2D eigenvalue weighted by Gasteiger charge is 2.35. The number of carbonyl (C=O) groups is 2. The highest BCUT2D eigenvalue weighted by molar-refractivity contribution is 5.88. The van der Waals surface area contributed by atoms with Crippen LogP contribution in [0.25, 0.3) is 0 Å². The second kappa shape index (κ2) is 9.19. The predicted molar refractivity (Wildman–Crippen MR) is 105 cm³/mol. The summed E-state index contributed by atoms with van der Waals surface area (Å²) in [6.45, 7) is 3.75. The van der Waals surface area contributed by atoms with Crippen LogP contribution >= 0.6 is 0 Å². The highest BCUT2D eigenvalue weighted by atomic mass is 16.5. The molecule has 1 aromatic carbocycles. The van der Waals surface area contributed by atoms with Gasteiger partial charge in [-0.1, -0.05) is 18.2 Å². The third-order valence-electron chi connectivity index (χ3n) is 5.44. The Bertz CT molecular complexity index is 631. The number of hydrogen-bond donors (Lipinski definition) is 1. The molecule has 27 heavy (non-hydrogen) atoms. The van der Waals surface area contributed by atoms with Crippen molar-refractivity contribution in [3.8, 4) is 0 Å². The Morgan fingerprint density at radius 2 is 1.81 bits per heavy atom. The van der Waals surface area contributed by atoms with E-state index in [2.05, 4.69) is 27.2 Å². The summed E-state index contributed by atoms with van der Waals surface area (Å²) < 4.78 is 4.97. The topological polar surface area (TPSA) is 65.1 Å². The van der Waals surface area contributed by atoms with E-state index in [0.717, 1.165) is 32.5 Å². The lowest BCUT2D eigenvalue weighted by molar-refractivity contribution is -0.146. The van der Waals surface area contributed by atoms with Crippen molar-refractivity contribution in [2.45, 2.75) is 24.9 Å². The molecule has 2 amide bonds. The lowest BCUT2D eigenvalue weighted by atomic mass is 10.0. The Kier molecular flexibility index (Phi) is 6.68. The number of para-hydroxylation sites is 1. The number of methoxy groups -OCH3 is 1. The van der Waals surface area contributed by atoms with E-state index in [9.17, 15) is 9.59 Å². The van der Waals surface area contributed by atoms with Crippen molar-refractivity contribution < 1.29 is 14.3 Å². The van der Waals surface area contributed by atoms with E-state index >= 15 is 0 Å². The Morgan fingerprint density at radius 1 is 1.11 bits per heavy atom. The van der Waals surface area contributed by atoms with Gasteiger partial charge in [-0.2, -0.15) is 0 Å². The molecule has 0 bridgehead atoms. The first kappa shape index (κ1) is 19.6. The van der Waals surface area contributed by atoms with Gasteiger partial charge >= 0.3 is 0 Å². The van der Waals surface area contributed by atoms with E-state index < -0.39 is 6.04 Å². The minimum atomic E-state index is -0.446. The maximum absolute atomic E-state index is 12.9. The SMILES string of the molecule is COCC(=O)N1CCN(C)CC1C(=O)NC1CCN(c2ccccc2)CC1. The molecule has 0 aromatic heterocycles. The predicted octanol–water partition coefficient (Wildman–Crippen LogP) is 0.561. The number of nitrogens with zero attached hydrogens (tertiary/aromatic N) is 3. The number of ether oxygens (including phenoxy) is 1. The molecule has 0 spiro atoms. The zero-order chi connectivity index (χ0) is 19.2. The molecular weight excluding hydrogens is 344 g/mol. The molecule has 2 saturated heterocycles. The van der Waals surface area contributed by atoms with Crippen molar-refractivity contribution in [3.05, 3.63) is 30.3 Å². The summed E-state index contributed by atoms with van der Waals surface area (Å²) >= 11 is 0. The zero-order valence-electron chi connectivity index (χ0n) is 16.3. The van der Waals surface area contributed by atoms with Gasteiger partial charge in [-0.15, -0.1) is 0 Å². The summed E-state index contributed by atoms with van der Waals surface area (Å²) in [4.78, 5) is 31.3. The number of rotatable bonds is 5. The van der Waals surface area contributed by atoms with Gasteiger partial charge in [0, 0.05) is 51.6 Å². The lowest BCUT2D eigenvalue weighted by Crippen LogP contribution is -2.61. The van der Waals surface area contributed by atoms with Crippen molar-refractivity contribution in [2.24, 2.45) is 0 Å². The molecule has 0 radical (unpaired) electrons. The number of likely N-dealkylation sites (N-methyl/N-ethyl adjacent to an activating group) is 1. The van der Waals surface area contributed by atoms with Crippen LogP contribution in [0.5, 0.6) is 0 Å². The van der Waals surface area contributed by atoms with Crippen molar-refractivity contribution in [3.63, 3.8) is 0 Å². The molecule has 2 aliphatic rings. The van der Waals surface area contributed by atoms with Crippen LogP contribution in [0, 0.1) is 0 Å². The number of anilines is 1. The minimum Gasteiger partial charge on any atom is -0.375 e. The van der Waals surface area contributed by atoms with Gasteiger partial charge in [-0.05, 0) is 32.0 Å². The van der Waals surface area contributed by atoms with Crippen LogP contribution in [0.2, 0.25) is 0 Å². The van der Waals surface area contributed by atoms with E-state index in [1.165, 1.54) is 12.8 Å². The fourth-order valence-electron chi connectivity index (χ4n) is 3.87. The number of benzene rings is 1. The average molecular weight is 374 g/mol. The minimum absolute atomic E-state index is 0.0168. The van der Waals surface area contributed by atoms with E-state index in [1.54, 1.807) is 4.90 Å². The largest absolute Gasteiger partial charge is 0.375 e. The van der Waals surface area contributed by atoms with Crippen molar-refractivity contribution >= 4 is 17.5 Å². The normalized spacial score (nSPS) is 21.9. The Morgan fingerprint density at radius 3 is 2.48 bits per heavy atom. The zero-order valence-corrected chi connectivity index (χ0v) is 16.3. The second-order valence-corrected chi connectivity index (χ2v) is 7.40. The molecule has 7 nitrogen and oxygen atoms in total. The third-order valence-corrected chi connectivity index (χ3v) is 5.44. The quantitative estimate of drug-likeness (QED) is 0.816. The molecular formula is C20H30N4O3. The molecule has 1 aromatic rings. The van der Waals surface area contributed by atoms with Crippen molar-refractivity contribution in [1.29, 1.82) is 0 Å². The smallest absolute Gasteiger partial charge is 0.249 e. The molecule has 2 heterocycles. The van der Waals surface area contributed by atoms with Crippen LogP contribution < -0.4 is 10.2 Å². The molecule has 0 aliphatic carbocycles. The summed E-state index contributed by atoms with van der Waals surface area (Å²) in [6.07, 6.45) is 1.82. The average Bonchev–Trinajstić information content (AvgIpc) is 2.69. The molecule has 1 N–H and O–H groups in total. The van der Waals surface area contributed by atoms with Crippen LogP contribution in [0.15, 0.2) is 30.3 Å². The number of piperazine rings is 1. The number of nitrogens with one attached hydrogen (secondary N) is 1. The summed E-state index contributed by atoms with van der Waals surface area (Å²) in [5.74, 6) is -0.172. The molecule has 1 unspecified atom stereocenters. The maximum atomic E-state index is 12.9. The van der Waals surface area contributed by atoms with Gasteiger partial charge in [0.05, 0.1) is 0 Å². The summed E-state index contributed by atoms with van der Waals surface area (Å²) in [5.41, 5.74) is 1.23. The molecule has 7 heteroatoms. The van der Waals surface area contributed by atoms with Crippen molar-refractivity contribution in [2.75, 3.05) is 58.4 Å². The van der Waals surface area contributed by atoms with Gasteiger partial charge in [0.2, 0.25) is 11.8 Å². The van der Waals surface area contributed by atoms with E-state index in [0.29, 0.717) is 13.1 Å². The number of piperidine rings is 1. The molecule has 1 atom stereocenters. The van der Waals surface area contributed by atoms with Crippen molar-refractivity contribution in [1.82, 2.24) is 15.1 Å². The third kappa shape index (κ3) is 4.99. The van der Waals surface area contributed by atoms with Gasteiger partial charge in [0.1, 0.15) is 12.6 Å². The Hall–Kier alpha value is -2.12. The summed E-state index contributed by atoms with van der Waals surface area (Å²) in [5, 5.41) is 3.18. The van der Waals surface area contributed by atoms with Crippen LogP contribution in [0.3, 0.4) is 0 Å². The fourth-order valence-corrected chi connectivity index (χ4v) is 3.87. The first-order chi connectivity index (χ1) is 13.1. The summed E-state index contributed by atoms with van der Waals surface area (Å²) in [6, 6.07) is 10.1. The standard InChI is InChI=1S/C20H30N4O3/c1-22-12-13-24(19(25)15-27-2)18(14-22)20(26)21-16-8-10-23(11-9-16)17-6-4-3-5-7-17/h3-7,16,18H,8-15H2,1-2H3,(H,21,26). The van der Waals surface area contributed by atoms with E-state index in [-0.39, 0.29) is 24.5 Å². The van der Waals surface area contributed by atoms with Crippen LogP contribution in [-0.4, -0.2) is 87.2 Å². The molecule has 2 fully saturated rings. The Balaban J connectivity index is 1.55. The van der Waals surface area contributed by atoms with Gasteiger partial charge in [-0.3, -0.25) is 9.59 Å². The van der Waals surface area contributed by atoms with Gasteiger partial charge in [0.15, 0.2) is 0 Å². The number of amides is 2. The van der Waals surface area contributed by atoms with Gasteiger partial charge in [-0.25, -0.2) is 0 Å². The van der Waals surface area contributed by atoms with Gasteiger partial charge in [0.25, 0.3) is 0 Å². The fraction of sp³-hybridized carbons (Fsp3) is 0.600. The first-order valence-corrected chi connectivity index (χ1v) is 9.66. The highest BCUT2D eigenvalue weighted by Crippen LogP contribution is 2.20. The lowest BCUT2D eigenvalue weighted by Gasteiger charge is -2.40. The summed E-state index contributed by atoms with van der Waals surface area (Å²) in [7, 11) is 3.49. The maximum Gasteiger partial charge on any atom is 0.249 e. The van der Waals surface area contributed by atoms with Crippen LogP contribution in [0.1, 0.15) is 12.8 Å².